The van der Waals surface area contributed by atoms with Crippen molar-refractivity contribution >= 4 is 7.32 Å². The Hall–Kier alpha value is -0.486. The monoisotopic (exact) mass is 191 g/mol. The van der Waals surface area contributed by atoms with Crippen LogP contribution in [0.2, 0.25) is 0 Å². The van der Waals surface area contributed by atoms with Crippen LogP contribution in [0.5, 0.6) is 5.88 Å². The van der Waals surface area contributed by atoms with Crippen LogP contribution in [0, 0.1) is 0 Å². The molecule has 0 saturated heterocycles. The van der Waals surface area contributed by atoms with Crippen LogP contribution in [0.25, 0.3) is 0 Å². The molecule has 0 aliphatic rings. The summed E-state index contributed by atoms with van der Waals surface area (Å²) in [6.07, 6.45) is 1.44. The fraction of sp³-hybridized carbons (Fsp3) is 0. The molecule has 0 bridgehead atoms. The Bertz CT molecular complexity index is 168. The summed E-state index contributed by atoms with van der Waals surface area (Å²) in [6.45, 7) is 0. The number of hydrogen-bond donors (Lipinski definition) is 3. The molecule has 0 amide bonds. The summed E-state index contributed by atoms with van der Waals surface area (Å²) in [4.78, 5) is 0. The molecule has 0 spiro atoms. The standard InChI is InChI=1S/C3H5BN2O3.Cu/c7-4(8)9-3-1-2-5-6-3;/h1-2,7-8H,(H,5,6);. The molecule has 3 N–H and O–H groups in total. The second kappa shape index (κ2) is 4.35. The molecule has 10 heavy (non-hydrogen) atoms. The van der Waals surface area contributed by atoms with E-state index in [0.29, 0.717) is 0 Å². The van der Waals surface area contributed by atoms with Gasteiger partial charge in [0.05, 0.1) is 6.20 Å². The minimum atomic E-state index is -1.79. The topological polar surface area (TPSA) is 78.4 Å². The van der Waals surface area contributed by atoms with Gasteiger partial charge in [-0.2, -0.15) is 5.10 Å². The average Bonchev–Trinajstić information content (AvgIpc) is 2.15. The van der Waals surface area contributed by atoms with Gasteiger partial charge in [0.15, 0.2) is 5.88 Å². The maximum absolute atomic E-state index is 8.21. The maximum atomic E-state index is 8.21. The molecular formula is C3H5BCuN2O3. The smallest absolute Gasteiger partial charge is 0.498 e. The van der Waals surface area contributed by atoms with Gasteiger partial charge in [0.25, 0.3) is 0 Å². The van der Waals surface area contributed by atoms with Crippen LogP contribution in [0.3, 0.4) is 0 Å². The zero-order chi connectivity index (χ0) is 6.69. The van der Waals surface area contributed by atoms with E-state index >= 15 is 0 Å². The normalized spacial score (nSPS) is 8.20. The van der Waals surface area contributed by atoms with Gasteiger partial charge >= 0.3 is 7.32 Å². The van der Waals surface area contributed by atoms with Crippen molar-refractivity contribution in [3.8, 4) is 5.88 Å². The molecule has 1 heterocycles. The van der Waals surface area contributed by atoms with E-state index in [9.17, 15) is 0 Å². The van der Waals surface area contributed by atoms with Gasteiger partial charge in [0.2, 0.25) is 0 Å². The third kappa shape index (κ3) is 2.88. The Kier molecular flexibility index (Phi) is 4.14. The first kappa shape index (κ1) is 9.51. The zero-order valence-electron chi connectivity index (χ0n) is 4.78. The third-order valence-corrected chi connectivity index (χ3v) is 0.708. The van der Waals surface area contributed by atoms with Crippen LogP contribution in [-0.2, 0) is 17.1 Å². The molecule has 0 saturated carbocycles. The summed E-state index contributed by atoms with van der Waals surface area (Å²) in [5.41, 5.74) is 0. The van der Waals surface area contributed by atoms with Gasteiger partial charge in [-0.05, 0) is 0 Å². The van der Waals surface area contributed by atoms with E-state index in [1.807, 2.05) is 0 Å². The molecule has 0 atom stereocenters. The maximum Gasteiger partial charge on any atom is 0.708 e. The summed E-state index contributed by atoms with van der Waals surface area (Å²) < 4.78 is 4.35. The molecule has 0 aliphatic carbocycles. The van der Waals surface area contributed by atoms with E-state index < -0.39 is 7.32 Å². The second-order valence-corrected chi connectivity index (χ2v) is 1.37. The number of aromatic nitrogens is 2. The largest absolute Gasteiger partial charge is 0.708 e. The first-order chi connectivity index (χ1) is 4.29. The van der Waals surface area contributed by atoms with Crippen molar-refractivity contribution in [2.45, 2.75) is 0 Å². The van der Waals surface area contributed by atoms with Crippen molar-refractivity contribution in [2.24, 2.45) is 0 Å². The van der Waals surface area contributed by atoms with Crippen molar-refractivity contribution in [1.29, 1.82) is 0 Å². The molecule has 7 heteroatoms. The number of hydrogen-bond acceptors (Lipinski definition) is 4. The van der Waals surface area contributed by atoms with E-state index in [4.69, 9.17) is 10.0 Å². The van der Waals surface area contributed by atoms with Crippen molar-refractivity contribution < 1.29 is 31.8 Å². The molecule has 0 aliphatic heterocycles. The molecule has 1 rings (SSSR count). The number of rotatable bonds is 2. The average molecular weight is 191 g/mol. The molecule has 0 unspecified atom stereocenters. The van der Waals surface area contributed by atoms with Gasteiger partial charge < -0.3 is 14.7 Å². The molecule has 1 aromatic heterocycles. The van der Waals surface area contributed by atoms with Crippen LogP contribution in [-0.4, -0.2) is 27.6 Å². The summed E-state index contributed by atoms with van der Waals surface area (Å²) in [5.74, 6) is 0.227. The Balaban J connectivity index is 0.000000810. The van der Waals surface area contributed by atoms with Crippen LogP contribution < -0.4 is 4.65 Å². The third-order valence-electron chi connectivity index (χ3n) is 0.708. The Morgan fingerprint density at radius 1 is 1.60 bits per heavy atom. The van der Waals surface area contributed by atoms with Gasteiger partial charge in [-0.15, -0.1) is 0 Å². The Labute approximate surface area is 68.1 Å². The number of aromatic amines is 1. The summed E-state index contributed by atoms with van der Waals surface area (Å²) in [5, 5.41) is 22.3. The fourth-order valence-corrected chi connectivity index (χ4v) is 0.422. The van der Waals surface area contributed by atoms with Crippen LogP contribution in [0.15, 0.2) is 12.3 Å². The van der Waals surface area contributed by atoms with Crippen molar-refractivity contribution in [3.63, 3.8) is 0 Å². The molecule has 1 radical (unpaired) electrons. The Morgan fingerprint density at radius 3 is 2.70 bits per heavy atom. The van der Waals surface area contributed by atoms with Crippen molar-refractivity contribution in [3.05, 3.63) is 12.3 Å². The van der Waals surface area contributed by atoms with Gasteiger partial charge in [0.1, 0.15) is 0 Å². The van der Waals surface area contributed by atoms with Crippen molar-refractivity contribution in [1.82, 2.24) is 10.2 Å². The molecule has 0 fully saturated rings. The molecule has 59 valence electrons. The SMILES string of the molecule is OB(O)Oc1ccn[nH]1.[Cu]. The molecule has 0 aromatic carbocycles. The van der Waals surface area contributed by atoms with E-state index in [1.54, 1.807) is 0 Å². The van der Waals surface area contributed by atoms with Gasteiger partial charge in [0, 0.05) is 23.1 Å². The van der Waals surface area contributed by atoms with Crippen molar-refractivity contribution in [2.75, 3.05) is 0 Å². The fourth-order valence-electron chi connectivity index (χ4n) is 0.422. The predicted molar refractivity (Wildman–Crippen MR) is 29.4 cm³/mol. The number of H-pyrrole nitrogens is 1. The minimum Gasteiger partial charge on any atom is -0.498 e. The van der Waals surface area contributed by atoms with E-state index in [-0.39, 0.29) is 22.9 Å². The Morgan fingerprint density at radius 2 is 2.30 bits per heavy atom. The van der Waals surface area contributed by atoms with Crippen LogP contribution >= 0.6 is 0 Å². The zero-order valence-corrected chi connectivity index (χ0v) is 5.73. The van der Waals surface area contributed by atoms with E-state index in [2.05, 4.69) is 14.9 Å². The van der Waals surface area contributed by atoms with E-state index in [0.717, 1.165) is 0 Å². The molecule has 1 aromatic rings. The minimum absolute atomic E-state index is 0. The molecule has 5 nitrogen and oxygen atoms in total. The van der Waals surface area contributed by atoms with Gasteiger partial charge in [-0.3, -0.25) is 0 Å². The summed E-state index contributed by atoms with van der Waals surface area (Å²) >= 11 is 0. The van der Waals surface area contributed by atoms with Crippen LogP contribution in [0.4, 0.5) is 0 Å². The molecular weight excluding hydrogens is 186 g/mol. The first-order valence-electron chi connectivity index (χ1n) is 2.31. The number of nitrogens with one attached hydrogen (secondary N) is 1. The van der Waals surface area contributed by atoms with E-state index in [1.165, 1.54) is 12.3 Å². The summed E-state index contributed by atoms with van der Waals surface area (Å²) in [6, 6.07) is 1.47. The van der Waals surface area contributed by atoms with Gasteiger partial charge in [-0.25, -0.2) is 5.10 Å². The summed E-state index contributed by atoms with van der Waals surface area (Å²) in [7, 11) is -1.79. The second-order valence-electron chi connectivity index (χ2n) is 1.37. The predicted octanol–water partition coefficient (Wildman–Crippen LogP) is -1.24. The number of nitrogens with zero attached hydrogens (tertiary/aromatic N) is 1. The van der Waals surface area contributed by atoms with Crippen LogP contribution in [0.1, 0.15) is 0 Å². The quantitative estimate of drug-likeness (QED) is 0.511. The first-order valence-corrected chi connectivity index (χ1v) is 2.31. The van der Waals surface area contributed by atoms with Gasteiger partial charge in [-0.1, -0.05) is 0 Å².